The summed E-state index contributed by atoms with van der Waals surface area (Å²) in [6.07, 6.45) is 1.68. The number of benzene rings is 1. The first-order chi connectivity index (χ1) is 9.40. The number of aryl methyl sites for hydroxylation is 3. The summed E-state index contributed by atoms with van der Waals surface area (Å²) in [5.41, 5.74) is 9.44. The molecule has 1 heterocycles. The molecule has 4 heteroatoms. The van der Waals surface area contributed by atoms with Crippen LogP contribution in [0.5, 0.6) is 0 Å². The second-order valence-corrected chi connectivity index (χ2v) is 5.71. The van der Waals surface area contributed by atoms with E-state index < -0.39 is 0 Å². The lowest BCUT2D eigenvalue weighted by atomic mass is 9.98. The van der Waals surface area contributed by atoms with Gasteiger partial charge < -0.3 is 5.73 Å². The highest BCUT2D eigenvalue weighted by Gasteiger charge is 2.30. The lowest BCUT2D eigenvalue weighted by molar-refractivity contribution is -0.122. The van der Waals surface area contributed by atoms with E-state index in [1.807, 2.05) is 37.8 Å². The van der Waals surface area contributed by atoms with Gasteiger partial charge in [0.15, 0.2) is 5.78 Å². The van der Waals surface area contributed by atoms with Crippen molar-refractivity contribution >= 4 is 11.7 Å². The van der Waals surface area contributed by atoms with Crippen LogP contribution in [-0.4, -0.2) is 35.7 Å². The zero-order chi connectivity index (χ0) is 14.9. The number of ketones is 1. The van der Waals surface area contributed by atoms with Crippen molar-refractivity contribution in [2.45, 2.75) is 39.7 Å². The van der Waals surface area contributed by atoms with Crippen molar-refractivity contribution in [1.29, 1.82) is 0 Å². The average molecular weight is 274 g/mol. The molecule has 1 aliphatic rings. The van der Waals surface area contributed by atoms with Gasteiger partial charge in [-0.2, -0.15) is 0 Å². The van der Waals surface area contributed by atoms with Crippen LogP contribution in [0.1, 0.15) is 39.9 Å². The first kappa shape index (κ1) is 14.7. The number of nitrogens with two attached hydrogens (primary N) is 1. The highest BCUT2D eigenvalue weighted by atomic mass is 16.1. The van der Waals surface area contributed by atoms with Gasteiger partial charge in [0.05, 0.1) is 12.6 Å². The molecule has 0 aliphatic carbocycles. The van der Waals surface area contributed by atoms with Gasteiger partial charge in [-0.05, 0) is 62.9 Å². The lowest BCUT2D eigenvalue weighted by Crippen LogP contribution is -2.42. The maximum Gasteiger partial charge on any atom is 0.234 e. The van der Waals surface area contributed by atoms with Crippen molar-refractivity contribution in [1.82, 2.24) is 4.90 Å². The molecule has 0 spiro atoms. The number of carbonyl (C=O) groups is 2. The van der Waals surface area contributed by atoms with Crippen molar-refractivity contribution in [3.05, 3.63) is 34.4 Å². The standard InChI is InChI=1S/C16H22N2O2/c1-10-7-12(3)13(8-11(10)2)15(19)9-18-6-4-5-14(18)16(17)20/h7-8,14H,4-6,9H2,1-3H3,(H2,17,20). The van der Waals surface area contributed by atoms with E-state index in [-0.39, 0.29) is 24.3 Å². The smallest absolute Gasteiger partial charge is 0.234 e. The maximum absolute atomic E-state index is 12.5. The monoisotopic (exact) mass is 274 g/mol. The van der Waals surface area contributed by atoms with Crippen molar-refractivity contribution in [3.63, 3.8) is 0 Å². The summed E-state index contributed by atoms with van der Waals surface area (Å²) in [7, 11) is 0. The van der Waals surface area contributed by atoms with Crippen LogP contribution in [0.2, 0.25) is 0 Å². The van der Waals surface area contributed by atoms with Crippen LogP contribution in [0, 0.1) is 20.8 Å². The highest BCUT2D eigenvalue weighted by Crippen LogP contribution is 2.20. The second kappa shape index (κ2) is 5.75. The first-order valence-electron chi connectivity index (χ1n) is 7.04. The van der Waals surface area contributed by atoms with Crippen molar-refractivity contribution in [3.8, 4) is 0 Å². The van der Waals surface area contributed by atoms with Crippen molar-refractivity contribution in [2.24, 2.45) is 5.73 Å². The summed E-state index contributed by atoms with van der Waals surface area (Å²) in [6.45, 7) is 7.04. The first-order valence-corrected chi connectivity index (χ1v) is 7.04. The number of amides is 1. The Morgan fingerprint density at radius 2 is 1.85 bits per heavy atom. The molecular weight excluding hydrogens is 252 g/mol. The number of primary amides is 1. The molecule has 0 radical (unpaired) electrons. The Labute approximate surface area is 119 Å². The molecule has 1 aliphatic heterocycles. The minimum atomic E-state index is -0.327. The molecule has 2 rings (SSSR count). The Balaban J connectivity index is 2.16. The van der Waals surface area contributed by atoms with Gasteiger partial charge >= 0.3 is 0 Å². The van der Waals surface area contributed by atoms with E-state index in [2.05, 4.69) is 0 Å². The van der Waals surface area contributed by atoms with E-state index in [0.717, 1.165) is 36.1 Å². The van der Waals surface area contributed by atoms with Crippen LogP contribution in [0.4, 0.5) is 0 Å². The molecule has 0 saturated carbocycles. The highest BCUT2D eigenvalue weighted by molar-refractivity contribution is 5.99. The molecule has 1 fully saturated rings. The largest absolute Gasteiger partial charge is 0.368 e. The van der Waals surface area contributed by atoms with E-state index in [1.165, 1.54) is 5.56 Å². The van der Waals surface area contributed by atoms with E-state index in [0.29, 0.717) is 0 Å². The summed E-state index contributed by atoms with van der Waals surface area (Å²) in [5.74, 6) is -0.258. The van der Waals surface area contributed by atoms with E-state index in [1.54, 1.807) is 0 Å². The Hall–Kier alpha value is -1.68. The fraction of sp³-hybridized carbons (Fsp3) is 0.500. The molecule has 108 valence electrons. The van der Waals surface area contributed by atoms with Gasteiger partial charge in [0, 0.05) is 5.56 Å². The summed E-state index contributed by atoms with van der Waals surface area (Å²) < 4.78 is 0. The number of rotatable bonds is 4. The molecule has 1 amide bonds. The molecule has 1 saturated heterocycles. The van der Waals surface area contributed by atoms with Gasteiger partial charge in [-0.25, -0.2) is 0 Å². The Kier molecular flexibility index (Phi) is 4.23. The van der Waals surface area contributed by atoms with E-state index in [4.69, 9.17) is 5.73 Å². The third-order valence-electron chi connectivity index (χ3n) is 4.18. The minimum absolute atomic E-state index is 0.0683. The predicted octanol–water partition coefficient (Wildman–Crippen LogP) is 1.74. The molecule has 1 unspecified atom stereocenters. The van der Waals surface area contributed by atoms with E-state index in [9.17, 15) is 9.59 Å². The quantitative estimate of drug-likeness (QED) is 0.851. The number of carbonyl (C=O) groups excluding carboxylic acids is 2. The number of hydrogen-bond donors (Lipinski definition) is 1. The third-order valence-corrected chi connectivity index (χ3v) is 4.18. The Bertz CT molecular complexity index is 552. The number of hydrogen-bond acceptors (Lipinski definition) is 3. The number of nitrogens with zero attached hydrogens (tertiary/aromatic N) is 1. The van der Waals surface area contributed by atoms with Crippen LogP contribution in [0.25, 0.3) is 0 Å². The van der Waals surface area contributed by atoms with Crippen molar-refractivity contribution in [2.75, 3.05) is 13.1 Å². The Morgan fingerprint density at radius 3 is 2.50 bits per heavy atom. The van der Waals surface area contributed by atoms with Gasteiger partial charge in [-0.3, -0.25) is 14.5 Å². The van der Waals surface area contributed by atoms with Crippen LogP contribution < -0.4 is 5.73 Å². The molecule has 1 aromatic carbocycles. The van der Waals surface area contributed by atoms with Crippen LogP contribution >= 0.6 is 0 Å². The van der Waals surface area contributed by atoms with E-state index >= 15 is 0 Å². The molecule has 0 aromatic heterocycles. The van der Waals surface area contributed by atoms with Crippen LogP contribution in [0.3, 0.4) is 0 Å². The fourth-order valence-corrected chi connectivity index (χ4v) is 2.87. The normalized spacial score (nSPS) is 19.2. The van der Waals surface area contributed by atoms with Crippen LogP contribution in [0.15, 0.2) is 12.1 Å². The number of Topliss-reactive ketones (excluding diaryl/α,β-unsaturated/α-hetero) is 1. The zero-order valence-corrected chi connectivity index (χ0v) is 12.4. The fourth-order valence-electron chi connectivity index (χ4n) is 2.87. The molecular formula is C16H22N2O2. The van der Waals surface area contributed by atoms with Gasteiger partial charge in [-0.1, -0.05) is 6.07 Å². The lowest BCUT2D eigenvalue weighted by Gasteiger charge is -2.21. The summed E-state index contributed by atoms with van der Waals surface area (Å²) >= 11 is 0. The zero-order valence-electron chi connectivity index (χ0n) is 12.4. The molecule has 1 atom stereocenters. The second-order valence-electron chi connectivity index (χ2n) is 5.71. The van der Waals surface area contributed by atoms with Crippen LogP contribution in [-0.2, 0) is 4.79 Å². The summed E-state index contributed by atoms with van der Waals surface area (Å²) in [6, 6.07) is 3.70. The predicted molar refractivity (Wildman–Crippen MR) is 78.8 cm³/mol. The maximum atomic E-state index is 12.5. The molecule has 0 bridgehead atoms. The SMILES string of the molecule is Cc1cc(C)c(C(=O)CN2CCCC2C(N)=O)cc1C. The van der Waals surface area contributed by atoms with Gasteiger partial charge in [0.2, 0.25) is 5.91 Å². The topological polar surface area (TPSA) is 63.4 Å². The molecule has 2 N–H and O–H groups in total. The molecule has 1 aromatic rings. The van der Waals surface area contributed by atoms with Crippen molar-refractivity contribution < 1.29 is 9.59 Å². The number of likely N-dealkylation sites (tertiary alicyclic amines) is 1. The van der Waals surface area contributed by atoms with Gasteiger partial charge in [-0.15, -0.1) is 0 Å². The summed E-state index contributed by atoms with van der Waals surface area (Å²) in [5, 5.41) is 0. The molecule has 20 heavy (non-hydrogen) atoms. The van der Waals surface area contributed by atoms with Gasteiger partial charge in [0.1, 0.15) is 0 Å². The third kappa shape index (κ3) is 2.90. The van der Waals surface area contributed by atoms with Gasteiger partial charge in [0.25, 0.3) is 0 Å². The summed E-state index contributed by atoms with van der Waals surface area (Å²) in [4.78, 5) is 25.7. The molecule has 4 nitrogen and oxygen atoms in total. The minimum Gasteiger partial charge on any atom is -0.368 e. The average Bonchev–Trinajstić information content (AvgIpc) is 2.81. The Morgan fingerprint density at radius 1 is 1.20 bits per heavy atom.